The topological polar surface area (TPSA) is 80.9 Å². The number of fused-ring (bicyclic) bond motifs is 1. The number of nitrogens with zero attached hydrogens (tertiary/aromatic N) is 2. The van der Waals surface area contributed by atoms with E-state index < -0.39 is 0 Å². The van der Waals surface area contributed by atoms with E-state index >= 15 is 0 Å². The summed E-state index contributed by atoms with van der Waals surface area (Å²) >= 11 is 7.31. The number of anilines is 1. The SMILES string of the molecule is NC1CCCCCC1C(=O)Nc1c(Cl)ccc2nsnc12. The third-order valence-corrected chi connectivity index (χ3v) is 4.89. The van der Waals surface area contributed by atoms with Crippen LogP contribution in [0.15, 0.2) is 12.1 Å². The van der Waals surface area contributed by atoms with Crippen molar-refractivity contribution in [3.05, 3.63) is 17.2 Å². The number of nitrogens with one attached hydrogen (secondary N) is 1. The zero-order valence-electron chi connectivity index (χ0n) is 11.5. The summed E-state index contributed by atoms with van der Waals surface area (Å²) in [4.78, 5) is 12.6. The minimum atomic E-state index is -0.162. The molecule has 1 saturated carbocycles. The quantitative estimate of drug-likeness (QED) is 0.831. The van der Waals surface area contributed by atoms with Crippen LogP contribution in [-0.2, 0) is 4.79 Å². The average molecular weight is 325 g/mol. The summed E-state index contributed by atoms with van der Waals surface area (Å²) in [5.41, 5.74) is 8.07. The smallest absolute Gasteiger partial charge is 0.229 e. The molecule has 7 heteroatoms. The molecule has 1 heterocycles. The number of benzene rings is 1. The van der Waals surface area contributed by atoms with Crippen LogP contribution < -0.4 is 11.1 Å². The van der Waals surface area contributed by atoms with Crippen LogP contribution >= 0.6 is 23.3 Å². The number of halogens is 1. The van der Waals surface area contributed by atoms with Gasteiger partial charge in [-0.3, -0.25) is 4.79 Å². The molecule has 2 unspecified atom stereocenters. The summed E-state index contributed by atoms with van der Waals surface area (Å²) in [7, 11) is 0. The molecule has 1 aliphatic carbocycles. The average Bonchev–Trinajstić information content (AvgIpc) is 2.84. The standard InChI is InChI=1S/C14H17ClN4OS/c15-9-6-7-11-13(19-21-18-11)12(9)17-14(20)8-4-2-1-3-5-10(8)16/h6-8,10H,1-5,16H2,(H,17,20). The van der Waals surface area contributed by atoms with Crippen molar-refractivity contribution in [3.63, 3.8) is 0 Å². The van der Waals surface area contributed by atoms with Crippen molar-refractivity contribution in [2.45, 2.75) is 38.1 Å². The number of nitrogens with two attached hydrogens (primary N) is 1. The van der Waals surface area contributed by atoms with Gasteiger partial charge >= 0.3 is 0 Å². The first-order chi connectivity index (χ1) is 10.2. The first-order valence-corrected chi connectivity index (χ1v) is 8.25. The molecular weight excluding hydrogens is 308 g/mol. The molecule has 0 spiro atoms. The van der Waals surface area contributed by atoms with Crippen molar-refractivity contribution in [2.24, 2.45) is 11.7 Å². The molecule has 5 nitrogen and oxygen atoms in total. The minimum Gasteiger partial charge on any atom is -0.327 e. The van der Waals surface area contributed by atoms with Gasteiger partial charge in [0.1, 0.15) is 11.0 Å². The van der Waals surface area contributed by atoms with Crippen molar-refractivity contribution in [3.8, 4) is 0 Å². The molecule has 0 bridgehead atoms. The van der Waals surface area contributed by atoms with Gasteiger partial charge in [-0.15, -0.1) is 0 Å². The Morgan fingerprint density at radius 3 is 2.95 bits per heavy atom. The second-order valence-electron chi connectivity index (χ2n) is 5.45. The highest BCUT2D eigenvalue weighted by molar-refractivity contribution is 7.00. The van der Waals surface area contributed by atoms with E-state index in [1.165, 1.54) is 0 Å². The van der Waals surface area contributed by atoms with Gasteiger partial charge in [-0.2, -0.15) is 8.75 Å². The lowest BCUT2D eigenvalue weighted by Gasteiger charge is -2.20. The van der Waals surface area contributed by atoms with Crippen molar-refractivity contribution in [2.75, 3.05) is 5.32 Å². The maximum absolute atomic E-state index is 12.6. The van der Waals surface area contributed by atoms with E-state index in [-0.39, 0.29) is 17.9 Å². The van der Waals surface area contributed by atoms with Gasteiger partial charge in [0.15, 0.2) is 0 Å². The number of rotatable bonds is 2. The van der Waals surface area contributed by atoms with Gasteiger partial charge in [-0.05, 0) is 25.0 Å². The van der Waals surface area contributed by atoms with Crippen LogP contribution in [-0.4, -0.2) is 20.7 Å². The minimum absolute atomic E-state index is 0.0631. The molecular formula is C14H17ClN4OS. The normalized spacial score (nSPS) is 23.0. The lowest BCUT2D eigenvalue weighted by atomic mass is 9.94. The molecule has 1 amide bonds. The molecule has 3 rings (SSSR count). The highest BCUT2D eigenvalue weighted by Crippen LogP contribution is 2.31. The summed E-state index contributed by atoms with van der Waals surface area (Å²) in [5, 5.41) is 3.40. The Bertz CT molecular complexity index is 659. The lowest BCUT2D eigenvalue weighted by Crippen LogP contribution is -2.37. The number of hydrogen-bond acceptors (Lipinski definition) is 5. The van der Waals surface area contributed by atoms with E-state index in [0.717, 1.165) is 49.3 Å². The predicted octanol–water partition coefficient (Wildman–Crippen LogP) is 3.19. The fourth-order valence-electron chi connectivity index (χ4n) is 2.82. The van der Waals surface area contributed by atoms with E-state index in [1.54, 1.807) is 12.1 Å². The number of carbonyl (C=O) groups is 1. The molecule has 1 aliphatic rings. The molecule has 2 atom stereocenters. The van der Waals surface area contributed by atoms with Crippen LogP contribution in [0.5, 0.6) is 0 Å². The van der Waals surface area contributed by atoms with E-state index in [4.69, 9.17) is 17.3 Å². The van der Waals surface area contributed by atoms with Crippen LogP contribution in [0.1, 0.15) is 32.1 Å². The van der Waals surface area contributed by atoms with Crippen molar-refractivity contribution in [1.82, 2.24) is 8.75 Å². The molecule has 112 valence electrons. The summed E-state index contributed by atoms with van der Waals surface area (Å²) in [6.07, 6.45) is 5.01. The summed E-state index contributed by atoms with van der Waals surface area (Å²) in [6, 6.07) is 3.45. The maximum atomic E-state index is 12.6. The van der Waals surface area contributed by atoms with Crippen LogP contribution in [0, 0.1) is 5.92 Å². The fourth-order valence-corrected chi connectivity index (χ4v) is 3.57. The molecule has 0 aliphatic heterocycles. The summed E-state index contributed by atoms with van der Waals surface area (Å²) < 4.78 is 8.38. The molecule has 2 aromatic rings. The highest BCUT2D eigenvalue weighted by atomic mass is 35.5. The maximum Gasteiger partial charge on any atom is 0.229 e. The van der Waals surface area contributed by atoms with Crippen LogP contribution in [0.25, 0.3) is 11.0 Å². The van der Waals surface area contributed by atoms with Crippen LogP contribution in [0.4, 0.5) is 5.69 Å². The second-order valence-corrected chi connectivity index (χ2v) is 6.39. The largest absolute Gasteiger partial charge is 0.327 e. The molecule has 1 aromatic heterocycles. The first-order valence-electron chi connectivity index (χ1n) is 7.14. The summed E-state index contributed by atoms with van der Waals surface area (Å²) in [5.74, 6) is -0.225. The Morgan fingerprint density at radius 2 is 2.10 bits per heavy atom. The van der Waals surface area contributed by atoms with Crippen LogP contribution in [0.3, 0.4) is 0 Å². The zero-order valence-corrected chi connectivity index (χ0v) is 13.1. The number of carbonyl (C=O) groups excluding carboxylic acids is 1. The second kappa shape index (κ2) is 6.25. The fraction of sp³-hybridized carbons (Fsp3) is 0.500. The summed E-state index contributed by atoms with van der Waals surface area (Å²) in [6.45, 7) is 0. The Kier molecular flexibility index (Phi) is 4.37. The van der Waals surface area contributed by atoms with Gasteiger partial charge in [-0.1, -0.05) is 30.9 Å². The molecule has 0 saturated heterocycles. The van der Waals surface area contributed by atoms with Gasteiger partial charge in [0.25, 0.3) is 0 Å². The number of amides is 1. The lowest BCUT2D eigenvalue weighted by molar-refractivity contribution is -0.120. The van der Waals surface area contributed by atoms with E-state index in [2.05, 4.69) is 14.1 Å². The number of aromatic nitrogens is 2. The monoisotopic (exact) mass is 324 g/mol. The molecule has 0 radical (unpaired) electrons. The Labute approximate surface area is 132 Å². The molecule has 1 fully saturated rings. The van der Waals surface area contributed by atoms with Gasteiger partial charge in [0.05, 0.1) is 28.4 Å². The van der Waals surface area contributed by atoms with Crippen molar-refractivity contribution >= 4 is 46.0 Å². The van der Waals surface area contributed by atoms with E-state index in [9.17, 15) is 4.79 Å². The predicted molar refractivity (Wildman–Crippen MR) is 85.6 cm³/mol. The van der Waals surface area contributed by atoms with Gasteiger partial charge in [0, 0.05) is 6.04 Å². The van der Waals surface area contributed by atoms with Crippen LogP contribution in [0.2, 0.25) is 5.02 Å². The number of hydrogen-bond donors (Lipinski definition) is 2. The van der Waals surface area contributed by atoms with Gasteiger partial charge in [-0.25, -0.2) is 0 Å². The molecule has 1 aromatic carbocycles. The third-order valence-electron chi connectivity index (χ3n) is 4.03. The molecule has 21 heavy (non-hydrogen) atoms. The molecule has 3 N–H and O–H groups in total. The van der Waals surface area contributed by atoms with E-state index in [0.29, 0.717) is 16.2 Å². The van der Waals surface area contributed by atoms with Crippen molar-refractivity contribution in [1.29, 1.82) is 0 Å². The zero-order chi connectivity index (χ0) is 14.8. The Hall–Kier alpha value is -1.24. The van der Waals surface area contributed by atoms with E-state index in [1.807, 2.05) is 0 Å². The Morgan fingerprint density at radius 1 is 1.29 bits per heavy atom. The third kappa shape index (κ3) is 3.02. The van der Waals surface area contributed by atoms with Crippen molar-refractivity contribution < 1.29 is 4.79 Å². The van der Waals surface area contributed by atoms with Gasteiger partial charge in [0.2, 0.25) is 5.91 Å². The van der Waals surface area contributed by atoms with Gasteiger partial charge < -0.3 is 11.1 Å². The highest BCUT2D eigenvalue weighted by Gasteiger charge is 2.28. The Balaban J connectivity index is 1.85. The first kappa shape index (κ1) is 14.7.